The van der Waals surface area contributed by atoms with Crippen LogP contribution in [-0.2, 0) is 4.74 Å². The second kappa shape index (κ2) is 8.62. The molecule has 2 N–H and O–H groups in total. The van der Waals surface area contributed by atoms with Crippen LogP contribution in [0.4, 0.5) is 10.5 Å². The first-order valence-corrected chi connectivity index (χ1v) is 9.25. The average Bonchev–Trinajstić information content (AvgIpc) is 3.01. The van der Waals surface area contributed by atoms with Gasteiger partial charge in [0.15, 0.2) is 11.5 Å². The average molecular weight is 398 g/mol. The molecule has 0 saturated carbocycles. The van der Waals surface area contributed by atoms with Crippen molar-refractivity contribution in [2.24, 2.45) is 4.99 Å². The molecule has 8 heteroatoms. The normalized spacial score (nSPS) is 16.3. The van der Waals surface area contributed by atoms with Crippen LogP contribution < -0.4 is 10.1 Å². The lowest BCUT2D eigenvalue weighted by Crippen LogP contribution is -2.18. The summed E-state index contributed by atoms with van der Waals surface area (Å²) in [5, 5.41) is 12.4. The van der Waals surface area contributed by atoms with Crippen LogP contribution in [0, 0.1) is 0 Å². The zero-order valence-corrected chi connectivity index (χ0v) is 16.1. The number of methoxy groups -OCH3 is 1. The highest BCUT2D eigenvalue weighted by atomic mass is 32.2. The first-order valence-electron chi connectivity index (χ1n) is 8.44. The molecule has 0 radical (unpaired) electrons. The Morgan fingerprint density at radius 2 is 2.00 bits per heavy atom. The van der Waals surface area contributed by atoms with E-state index in [0.29, 0.717) is 39.9 Å². The molecule has 1 amide bonds. The molecule has 1 aliphatic rings. The summed E-state index contributed by atoms with van der Waals surface area (Å²) in [5.74, 6) is 0.374. The highest BCUT2D eigenvalue weighted by molar-refractivity contribution is 8.18. The summed E-state index contributed by atoms with van der Waals surface area (Å²) in [6, 6.07) is 11.5. The van der Waals surface area contributed by atoms with E-state index in [1.165, 1.54) is 7.11 Å². The van der Waals surface area contributed by atoms with E-state index in [-0.39, 0.29) is 11.0 Å². The molecule has 7 nitrogen and oxygen atoms in total. The zero-order valence-electron chi connectivity index (χ0n) is 15.3. The fourth-order valence-corrected chi connectivity index (χ4v) is 3.21. The minimum absolute atomic E-state index is 0.00664. The number of nitrogens with zero attached hydrogens (tertiary/aromatic N) is 1. The number of phenolic OH excluding ortho intramolecular Hbond substituents is 1. The maximum absolute atomic E-state index is 11.8. The lowest BCUT2D eigenvalue weighted by molar-refractivity contribution is 0.0526. The minimum Gasteiger partial charge on any atom is -0.504 e. The first kappa shape index (κ1) is 19.5. The monoisotopic (exact) mass is 398 g/mol. The fourth-order valence-electron chi connectivity index (χ4n) is 2.48. The van der Waals surface area contributed by atoms with Gasteiger partial charge < -0.3 is 19.9 Å². The Hall–Kier alpha value is -3.26. The molecule has 1 aliphatic heterocycles. The lowest BCUT2D eigenvalue weighted by atomic mass is 10.2. The number of hydrogen-bond acceptors (Lipinski definition) is 7. The van der Waals surface area contributed by atoms with Crippen molar-refractivity contribution in [2.45, 2.75) is 6.92 Å². The Bertz CT molecular complexity index is 967. The third-order valence-electron chi connectivity index (χ3n) is 3.78. The molecule has 0 aromatic heterocycles. The first-order chi connectivity index (χ1) is 13.5. The van der Waals surface area contributed by atoms with E-state index in [2.05, 4.69) is 10.3 Å². The maximum atomic E-state index is 11.8. The topological polar surface area (TPSA) is 97.2 Å². The summed E-state index contributed by atoms with van der Waals surface area (Å²) in [5.41, 5.74) is 1.71. The molecule has 0 bridgehead atoms. The van der Waals surface area contributed by atoms with Crippen molar-refractivity contribution in [3.8, 4) is 11.5 Å². The molecule has 144 valence electrons. The zero-order chi connectivity index (χ0) is 20.1. The van der Waals surface area contributed by atoms with Crippen LogP contribution in [0.5, 0.6) is 11.5 Å². The van der Waals surface area contributed by atoms with E-state index in [9.17, 15) is 14.7 Å². The number of phenols is 1. The van der Waals surface area contributed by atoms with Gasteiger partial charge in [-0.05, 0) is 66.7 Å². The predicted molar refractivity (Wildman–Crippen MR) is 108 cm³/mol. The largest absolute Gasteiger partial charge is 0.504 e. The highest BCUT2D eigenvalue weighted by Gasteiger charge is 2.23. The van der Waals surface area contributed by atoms with E-state index >= 15 is 0 Å². The molecule has 28 heavy (non-hydrogen) atoms. The van der Waals surface area contributed by atoms with Crippen molar-refractivity contribution in [1.82, 2.24) is 5.32 Å². The minimum atomic E-state index is -0.397. The van der Waals surface area contributed by atoms with E-state index < -0.39 is 5.97 Å². The van der Waals surface area contributed by atoms with Crippen LogP contribution in [0.25, 0.3) is 6.08 Å². The van der Waals surface area contributed by atoms with Crippen LogP contribution in [-0.4, -0.2) is 35.9 Å². The molecule has 0 unspecified atom stereocenters. The smallest absolute Gasteiger partial charge is 0.338 e. The van der Waals surface area contributed by atoms with E-state index in [0.717, 1.165) is 11.8 Å². The van der Waals surface area contributed by atoms with Gasteiger partial charge in [-0.1, -0.05) is 6.07 Å². The number of hydrogen-bond donors (Lipinski definition) is 2. The standard InChI is InChI=1S/C20H18N2O5S/c1-3-27-19(24)13-5-7-14(8-6-13)21-18-17(28-20(25)22-18)11-12-4-9-16(26-2)15(23)10-12/h4-11,23H,3H2,1-2H3,(H,21,22,25)/b17-11-. The van der Waals surface area contributed by atoms with Crippen LogP contribution in [0.1, 0.15) is 22.8 Å². The summed E-state index contributed by atoms with van der Waals surface area (Å²) in [6.45, 7) is 2.05. The summed E-state index contributed by atoms with van der Waals surface area (Å²) in [4.78, 5) is 28.6. The van der Waals surface area contributed by atoms with Crippen molar-refractivity contribution in [2.75, 3.05) is 13.7 Å². The second-order valence-corrected chi connectivity index (χ2v) is 6.70. The van der Waals surface area contributed by atoms with Crippen molar-refractivity contribution in [3.05, 3.63) is 58.5 Å². The van der Waals surface area contributed by atoms with Gasteiger partial charge in [0, 0.05) is 0 Å². The number of thioether (sulfide) groups is 1. The fraction of sp³-hybridized carbons (Fsp3) is 0.150. The van der Waals surface area contributed by atoms with Gasteiger partial charge in [-0.25, -0.2) is 9.79 Å². The molecule has 1 fully saturated rings. The van der Waals surface area contributed by atoms with Crippen molar-refractivity contribution >= 4 is 40.6 Å². The van der Waals surface area contributed by atoms with Crippen LogP contribution in [0.3, 0.4) is 0 Å². The molecular formula is C20H18N2O5S. The van der Waals surface area contributed by atoms with Crippen molar-refractivity contribution < 1.29 is 24.2 Å². The van der Waals surface area contributed by atoms with E-state index in [4.69, 9.17) is 9.47 Å². The molecule has 0 atom stereocenters. The molecule has 0 aliphatic carbocycles. The summed E-state index contributed by atoms with van der Waals surface area (Å²) in [6.07, 6.45) is 1.74. The van der Waals surface area contributed by atoms with Crippen molar-refractivity contribution in [3.63, 3.8) is 0 Å². The number of ether oxygens (including phenoxy) is 2. The highest BCUT2D eigenvalue weighted by Crippen LogP contribution is 2.31. The Morgan fingerprint density at radius 1 is 1.25 bits per heavy atom. The molecule has 0 spiro atoms. The van der Waals surface area contributed by atoms with Gasteiger partial charge in [0.25, 0.3) is 5.24 Å². The number of carbonyl (C=O) groups excluding carboxylic acids is 2. The third kappa shape index (κ3) is 4.52. The molecule has 2 aromatic carbocycles. The number of rotatable bonds is 5. The number of aliphatic imine (C=N–C) groups is 1. The molecule has 1 heterocycles. The van der Waals surface area contributed by atoms with Gasteiger partial charge in [-0.2, -0.15) is 0 Å². The lowest BCUT2D eigenvalue weighted by Gasteiger charge is -2.05. The van der Waals surface area contributed by atoms with Crippen LogP contribution >= 0.6 is 11.8 Å². The van der Waals surface area contributed by atoms with Gasteiger partial charge in [-0.3, -0.25) is 4.79 Å². The number of amides is 1. The summed E-state index contributed by atoms with van der Waals surface area (Å²) < 4.78 is 9.98. The Morgan fingerprint density at radius 3 is 2.64 bits per heavy atom. The number of carbonyl (C=O) groups is 2. The van der Waals surface area contributed by atoms with Crippen molar-refractivity contribution in [1.29, 1.82) is 0 Å². The van der Waals surface area contributed by atoms with Gasteiger partial charge in [0.1, 0.15) is 5.84 Å². The van der Waals surface area contributed by atoms with Crippen LogP contribution in [0.2, 0.25) is 0 Å². The number of amidine groups is 1. The van der Waals surface area contributed by atoms with E-state index in [1.807, 2.05) is 0 Å². The Kier molecular flexibility index (Phi) is 6.00. The van der Waals surface area contributed by atoms with Crippen LogP contribution in [0.15, 0.2) is 52.4 Å². The Labute approximate surface area is 166 Å². The van der Waals surface area contributed by atoms with Gasteiger partial charge in [0.2, 0.25) is 0 Å². The van der Waals surface area contributed by atoms with Gasteiger partial charge >= 0.3 is 5.97 Å². The quantitative estimate of drug-likeness (QED) is 0.736. The SMILES string of the molecule is CCOC(=O)c1ccc(N=C2NC(=O)S/C2=C\c2ccc(OC)c(O)c2)cc1. The third-order valence-corrected chi connectivity index (χ3v) is 4.60. The number of nitrogens with one attached hydrogen (secondary N) is 1. The Balaban J connectivity index is 1.86. The van der Waals surface area contributed by atoms with Gasteiger partial charge in [0.05, 0.1) is 29.9 Å². The molecule has 2 aromatic rings. The molecule has 3 rings (SSSR count). The second-order valence-electron chi connectivity index (χ2n) is 5.68. The van der Waals surface area contributed by atoms with Gasteiger partial charge in [-0.15, -0.1) is 0 Å². The molecular weight excluding hydrogens is 380 g/mol. The number of benzene rings is 2. The summed E-state index contributed by atoms with van der Waals surface area (Å²) >= 11 is 1.01. The maximum Gasteiger partial charge on any atom is 0.338 e. The number of aromatic hydroxyl groups is 1. The number of esters is 1. The van der Waals surface area contributed by atoms with E-state index in [1.54, 1.807) is 55.5 Å². The summed E-state index contributed by atoms with van der Waals surface area (Å²) in [7, 11) is 1.47. The molecule has 1 saturated heterocycles. The predicted octanol–water partition coefficient (Wildman–Crippen LogP) is 4.11.